The maximum absolute atomic E-state index is 12.9. The van der Waals surface area contributed by atoms with Crippen LogP contribution < -0.4 is 0 Å². The summed E-state index contributed by atoms with van der Waals surface area (Å²) in [5.41, 5.74) is 4.72. The lowest BCUT2D eigenvalue weighted by Crippen LogP contribution is -2.41. The highest BCUT2D eigenvalue weighted by molar-refractivity contribution is 6.30. The molecule has 0 bridgehead atoms. The number of aromatic nitrogens is 2. The summed E-state index contributed by atoms with van der Waals surface area (Å²) >= 11 is 6.07. The van der Waals surface area contributed by atoms with E-state index in [2.05, 4.69) is 23.2 Å². The number of ether oxygens (including phenoxy) is 1. The molecular weight excluding hydrogens is 422 g/mol. The van der Waals surface area contributed by atoms with Gasteiger partial charge < -0.3 is 14.6 Å². The predicted octanol–water partition coefficient (Wildman–Crippen LogP) is 5.25. The van der Waals surface area contributed by atoms with Crippen LogP contribution in [-0.2, 0) is 16.0 Å². The molecule has 1 saturated heterocycles. The molecule has 3 aromatic rings. The second-order valence-corrected chi connectivity index (χ2v) is 8.01. The number of carbonyl (C=O) groups excluding carboxylic acids is 1. The van der Waals surface area contributed by atoms with Crippen molar-refractivity contribution < 1.29 is 9.53 Å². The minimum atomic E-state index is 0.0705. The van der Waals surface area contributed by atoms with Crippen LogP contribution in [0.4, 0.5) is 0 Å². The van der Waals surface area contributed by atoms with Crippen molar-refractivity contribution >= 4 is 29.2 Å². The third-order valence-corrected chi connectivity index (χ3v) is 5.70. The first-order valence-electron chi connectivity index (χ1n) is 10.7. The van der Waals surface area contributed by atoms with Gasteiger partial charge in [-0.05, 0) is 36.3 Å². The van der Waals surface area contributed by atoms with Crippen LogP contribution in [0.15, 0.2) is 66.7 Å². The number of nitrogens with one attached hydrogen (secondary N) is 1. The standard InChI is InChI=1S/C26H26ClN3O2/c1-2-19(20-6-4-3-5-7-20)10-13-24-28-23(18-25(31)30-14-16-32-17-15-30)26(29-24)21-8-11-22(27)12-9-21/h2-13H,14-18H2,1H3,(H,28,29)/b13-10-,19-2+. The fourth-order valence-electron chi connectivity index (χ4n) is 3.72. The zero-order valence-corrected chi connectivity index (χ0v) is 18.8. The van der Waals surface area contributed by atoms with E-state index in [4.69, 9.17) is 21.3 Å². The monoisotopic (exact) mass is 447 g/mol. The zero-order chi connectivity index (χ0) is 22.3. The number of amides is 1. The molecule has 1 N–H and O–H groups in total. The number of nitrogens with zero attached hydrogens (tertiary/aromatic N) is 2. The van der Waals surface area contributed by atoms with Crippen molar-refractivity contribution in [2.45, 2.75) is 13.3 Å². The highest BCUT2D eigenvalue weighted by atomic mass is 35.5. The van der Waals surface area contributed by atoms with Gasteiger partial charge in [-0.1, -0.05) is 66.2 Å². The van der Waals surface area contributed by atoms with E-state index in [0.717, 1.165) is 28.1 Å². The predicted molar refractivity (Wildman–Crippen MR) is 129 cm³/mol. The number of morpholine rings is 1. The van der Waals surface area contributed by atoms with Gasteiger partial charge in [0.25, 0.3) is 0 Å². The van der Waals surface area contributed by atoms with Gasteiger partial charge in [0.05, 0.1) is 31.0 Å². The molecule has 1 aromatic heterocycles. The molecule has 164 valence electrons. The molecule has 0 radical (unpaired) electrons. The van der Waals surface area contributed by atoms with Crippen LogP contribution in [0.1, 0.15) is 24.0 Å². The highest BCUT2D eigenvalue weighted by Gasteiger charge is 2.21. The second-order valence-electron chi connectivity index (χ2n) is 7.57. The Hall–Kier alpha value is -3.15. The SMILES string of the molecule is C/C=C(\C=C/c1nc(-c2ccc(Cl)cc2)c(CC(=O)N2CCOCC2)[nH]1)c1ccccc1. The third kappa shape index (κ3) is 5.36. The van der Waals surface area contributed by atoms with Gasteiger partial charge in [-0.2, -0.15) is 0 Å². The van der Waals surface area contributed by atoms with E-state index in [9.17, 15) is 4.79 Å². The molecule has 0 spiro atoms. The average molecular weight is 448 g/mol. The Labute approximate surface area is 193 Å². The Bertz CT molecular complexity index is 1110. The van der Waals surface area contributed by atoms with Crippen molar-refractivity contribution in [1.29, 1.82) is 0 Å². The van der Waals surface area contributed by atoms with Crippen LogP contribution in [-0.4, -0.2) is 47.1 Å². The third-order valence-electron chi connectivity index (χ3n) is 5.45. The first-order chi connectivity index (χ1) is 15.6. The van der Waals surface area contributed by atoms with Crippen LogP contribution in [0.25, 0.3) is 22.9 Å². The summed E-state index contributed by atoms with van der Waals surface area (Å²) in [5.74, 6) is 0.774. The Morgan fingerprint density at radius 3 is 2.53 bits per heavy atom. The normalized spacial score (nSPS) is 14.8. The lowest BCUT2D eigenvalue weighted by atomic mass is 10.1. The van der Waals surface area contributed by atoms with Crippen LogP contribution in [0, 0.1) is 0 Å². The largest absolute Gasteiger partial charge is 0.378 e. The number of allylic oxidation sites excluding steroid dienone is 3. The van der Waals surface area contributed by atoms with E-state index in [-0.39, 0.29) is 12.3 Å². The second kappa shape index (κ2) is 10.4. The van der Waals surface area contributed by atoms with E-state index in [0.29, 0.717) is 37.2 Å². The van der Waals surface area contributed by atoms with Gasteiger partial charge in [0.1, 0.15) is 5.82 Å². The van der Waals surface area contributed by atoms with E-state index in [1.54, 1.807) is 0 Å². The first-order valence-corrected chi connectivity index (χ1v) is 11.1. The summed E-state index contributed by atoms with van der Waals surface area (Å²) < 4.78 is 5.37. The van der Waals surface area contributed by atoms with Crippen molar-refractivity contribution in [1.82, 2.24) is 14.9 Å². The summed E-state index contributed by atoms with van der Waals surface area (Å²) in [6, 6.07) is 17.7. The topological polar surface area (TPSA) is 58.2 Å². The highest BCUT2D eigenvalue weighted by Crippen LogP contribution is 2.25. The Kier molecular flexibility index (Phi) is 7.20. The summed E-state index contributed by atoms with van der Waals surface area (Å²) in [7, 11) is 0. The van der Waals surface area contributed by atoms with Gasteiger partial charge in [-0.15, -0.1) is 0 Å². The van der Waals surface area contributed by atoms with Gasteiger partial charge in [0, 0.05) is 23.7 Å². The van der Waals surface area contributed by atoms with Crippen molar-refractivity contribution in [3.05, 3.63) is 88.9 Å². The maximum atomic E-state index is 12.9. The number of carbonyl (C=O) groups is 1. The fourth-order valence-corrected chi connectivity index (χ4v) is 3.84. The van der Waals surface area contributed by atoms with Crippen molar-refractivity contribution in [2.75, 3.05) is 26.3 Å². The summed E-state index contributed by atoms with van der Waals surface area (Å²) in [6.07, 6.45) is 6.31. The molecule has 0 atom stereocenters. The van der Waals surface area contributed by atoms with E-state index in [1.807, 2.05) is 66.4 Å². The summed E-state index contributed by atoms with van der Waals surface area (Å²) in [4.78, 5) is 22.9. The van der Waals surface area contributed by atoms with Gasteiger partial charge in [0.2, 0.25) is 5.91 Å². The molecule has 1 fully saturated rings. The van der Waals surface area contributed by atoms with Crippen LogP contribution in [0.5, 0.6) is 0 Å². The molecule has 2 aromatic carbocycles. The minimum Gasteiger partial charge on any atom is -0.378 e. The average Bonchev–Trinajstić information content (AvgIpc) is 3.23. The molecule has 4 rings (SSSR count). The van der Waals surface area contributed by atoms with E-state index >= 15 is 0 Å². The molecule has 1 aliphatic rings. The number of H-pyrrole nitrogens is 1. The fraction of sp³-hybridized carbons (Fsp3) is 0.231. The lowest BCUT2D eigenvalue weighted by Gasteiger charge is -2.26. The Balaban J connectivity index is 1.62. The molecular formula is C26H26ClN3O2. The van der Waals surface area contributed by atoms with Gasteiger partial charge >= 0.3 is 0 Å². The summed E-state index contributed by atoms with van der Waals surface area (Å²) in [6.45, 7) is 4.42. The number of rotatable bonds is 6. The van der Waals surface area contributed by atoms with Gasteiger partial charge in [-0.3, -0.25) is 4.79 Å². The molecule has 1 aliphatic heterocycles. The number of hydrogen-bond donors (Lipinski definition) is 1. The number of aromatic amines is 1. The lowest BCUT2D eigenvalue weighted by molar-refractivity contribution is -0.134. The first kappa shape index (κ1) is 22.1. The molecule has 6 heteroatoms. The number of benzene rings is 2. The van der Waals surface area contributed by atoms with E-state index in [1.165, 1.54) is 0 Å². The van der Waals surface area contributed by atoms with Crippen molar-refractivity contribution in [3.8, 4) is 11.3 Å². The van der Waals surface area contributed by atoms with E-state index < -0.39 is 0 Å². The van der Waals surface area contributed by atoms with Crippen molar-refractivity contribution in [3.63, 3.8) is 0 Å². The molecule has 32 heavy (non-hydrogen) atoms. The molecule has 5 nitrogen and oxygen atoms in total. The minimum absolute atomic E-state index is 0.0705. The molecule has 2 heterocycles. The van der Waals surface area contributed by atoms with Crippen LogP contribution >= 0.6 is 11.6 Å². The van der Waals surface area contributed by atoms with Crippen LogP contribution in [0.3, 0.4) is 0 Å². The smallest absolute Gasteiger partial charge is 0.228 e. The molecule has 0 saturated carbocycles. The Morgan fingerprint density at radius 2 is 1.84 bits per heavy atom. The molecule has 0 unspecified atom stereocenters. The number of hydrogen-bond acceptors (Lipinski definition) is 3. The molecule has 0 aliphatic carbocycles. The zero-order valence-electron chi connectivity index (χ0n) is 18.1. The molecule has 1 amide bonds. The van der Waals surface area contributed by atoms with Crippen LogP contribution in [0.2, 0.25) is 5.02 Å². The van der Waals surface area contributed by atoms with Gasteiger partial charge in [0.15, 0.2) is 0 Å². The summed E-state index contributed by atoms with van der Waals surface area (Å²) in [5, 5.41) is 0.663. The maximum Gasteiger partial charge on any atom is 0.228 e. The van der Waals surface area contributed by atoms with Crippen molar-refractivity contribution in [2.24, 2.45) is 0 Å². The Morgan fingerprint density at radius 1 is 1.12 bits per heavy atom. The van der Waals surface area contributed by atoms with Gasteiger partial charge in [-0.25, -0.2) is 4.98 Å². The quantitative estimate of drug-likeness (QED) is 0.525. The number of halogens is 1. The number of imidazole rings is 1.